The maximum absolute atomic E-state index is 11.1. The number of benzene rings is 2. The summed E-state index contributed by atoms with van der Waals surface area (Å²) in [4.78, 5) is 11.1. The number of methoxy groups -OCH3 is 1. The molecule has 0 fully saturated rings. The molecule has 2 aromatic rings. The van der Waals surface area contributed by atoms with Gasteiger partial charge in [0.05, 0.1) is 11.6 Å². The second kappa shape index (κ2) is 6.57. The molecule has 0 saturated heterocycles. The SMILES string of the molecule is COc1cc(C=O)c(Br)c(OCc2ccccc2)c1C. The van der Waals surface area contributed by atoms with Gasteiger partial charge in [-0.3, -0.25) is 4.79 Å². The van der Waals surface area contributed by atoms with Crippen LogP contribution in [-0.2, 0) is 6.61 Å². The van der Waals surface area contributed by atoms with E-state index in [1.165, 1.54) is 0 Å². The normalized spacial score (nSPS) is 10.2. The average Bonchev–Trinajstić information content (AvgIpc) is 2.48. The summed E-state index contributed by atoms with van der Waals surface area (Å²) in [5, 5.41) is 0. The fraction of sp³-hybridized carbons (Fsp3) is 0.188. The number of carbonyl (C=O) groups is 1. The van der Waals surface area contributed by atoms with Gasteiger partial charge in [-0.15, -0.1) is 0 Å². The van der Waals surface area contributed by atoms with E-state index in [0.29, 0.717) is 28.1 Å². The molecular formula is C16H15BrO3. The molecular weight excluding hydrogens is 320 g/mol. The minimum atomic E-state index is 0.436. The Labute approximate surface area is 126 Å². The zero-order valence-electron chi connectivity index (χ0n) is 11.4. The molecule has 0 atom stereocenters. The first-order valence-corrected chi connectivity index (χ1v) is 6.95. The predicted molar refractivity (Wildman–Crippen MR) is 81.6 cm³/mol. The van der Waals surface area contributed by atoms with Crippen LogP contribution in [0.25, 0.3) is 0 Å². The second-order valence-corrected chi connectivity index (χ2v) is 5.12. The molecule has 0 radical (unpaired) electrons. The molecule has 0 aliphatic rings. The molecule has 0 aromatic heterocycles. The van der Waals surface area contributed by atoms with Gasteiger partial charge in [0.2, 0.25) is 0 Å². The van der Waals surface area contributed by atoms with E-state index in [1.54, 1.807) is 13.2 Å². The summed E-state index contributed by atoms with van der Waals surface area (Å²) in [5.74, 6) is 1.27. The standard InChI is InChI=1S/C16H15BrO3/c1-11-14(19-2)8-13(9-18)15(17)16(11)20-10-12-6-4-3-5-7-12/h3-9H,10H2,1-2H3. The van der Waals surface area contributed by atoms with Crippen molar-refractivity contribution in [2.45, 2.75) is 13.5 Å². The van der Waals surface area contributed by atoms with Crippen molar-refractivity contribution in [1.29, 1.82) is 0 Å². The van der Waals surface area contributed by atoms with Gasteiger partial charge in [-0.05, 0) is 34.5 Å². The Balaban J connectivity index is 2.32. The maximum Gasteiger partial charge on any atom is 0.151 e. The number of ether oxygens (including phenoxy) is 2. The Bertz CT molecular complexity index is 609. The third-order valence-corrected chi connectivity index (χ3v) is 3.84. The van der Waals surface area contributed by atoms with Gasteiger partial charge in [0, 0.05) is 11.1 Å². The molecule has 3 nitrogen and oxygen atoms in total. The molecule has 0 saturated carbocycles. The van der Waals surface area contributed by atoms with Crippen molar-refractivity contribution in [1.82, 2.24) is 0 Å². The fourth-order valence-corrected chi connectivity index (χ4v) is 2.54. The summed E-state index contributed by atoms with van der Waals surface area (Å²) < 4.78 is 11.8. The highest BCUT2D eigenvalue weighted by Crippen LogP contribution is 2.38. The first-order chi connectivity index (χ1) is 9.67. The van der Waals surface area contributed by atoms with Crippen LogP contribution < -0.4 is 9.47 Å². The molecule has 0 aliphatic carbocycles. The minimum absolute atomic E-state index is 0.436. The number of rotatable bonds is 5. The summed E-state index contributed by atoms with van der Waals surface area (Å²) in [7, 11) is 1.58. The van der Waals surface area contributed by atoms with Gasteiger partial charge < -0.3 is 9.47 Å². The third-order valence-electron chi connectivity index (χ3n) is 3.02. The van der Waals surface area contributed by atoms with Crippen molar-refractivity contribution in [3.05, 3.63) is 57.6 Å². The Kier molecular flexibility index (Phi) is 4.79. The topological polar surface area (TPSA) is 35.5 Å². The van der Waals surface area contributed by atoms with Crippen molar-refractivity contribution in [2.75, 3.05) is 7.11 Å². The van der Waals surface area contributed by atoms with E-state index in [9.17, 15) is 4.79 Å². The number of hydrogen-bond donors (Lipinski definition) is 0. The molecule has 0 bridgehead atoms. The van der Waals surface area contributed by atoms with Crippen molar-refractivity contribution in [3.8, 4) is 11.5 Å². The maximum atomic E-state index is 11.1. The smallest absolute Gasteiger partial charge is 0.151 e. The van der Waals surface area contributed by atoms with Gasteiger partial charge in [0.25, 0.3) is 0 Å². The van der Waals surface area contributed by atoms with E-state index >= 15 is 0 Å². The Morgan fingerprint density at radius 1 is 1.25 bits per heavy atom. The number of aldehydes is 1. The summed E-state index contributed by atoms with van der Waals surface area (Å²) in [6.07, 6.45) is 0.779. The van der Waals surface area contributed by atoms with Gasteiger partial charge in [-0.25, -0.2) is 0 Å². The van der Waals surface area contributed by atoms with Crippen LogP contribution in [0, 0.1) is 6.92 Å². The highest BCUT2D eigenvalue weighted by Gasteiger charge is 2.15. The van der Waals surface area contributed by atoms with E-state index in [1.807, 2.05) is 37.3 Å². The minimum Gasteiger partial charge on any atom is -0.496 e. The van der Waals surface area contributed by atoms with Crippen LogP contribution >= 0.6 is 15.9 Å². The lowest BCUT2D eigenvalue weighted by atomic mass is 10.1. The molecule has 0 spiro atoms. The van der Waals surface area contributed by atoms with E-state index in [4.69, 9.17) is 9.47 Å². The van der Waals surface area contributed by atoms with Crippen molar-refractivity contribution in [2.24, 2.45) is 0 Å². The molecule has 20 heavy (non-hydrogen) atoms. The summed E-state index contributed by atoms with van der Waals surface area (Å²) in [5.41, 5.74) is 2.44. The van der Waals surface area contributed by atoms with Crippen molar-refractivity contribution in [3.63, 3.8) is 0 Å². The molecule has 0 amide bonds. The zero-order chi connectivity index (χ0) is 14.5. The fourth-order valence-electron chi connectivity index (χ4n) is 1.92. The first kappa shape index (κ1) is 14.6. The second-order valence-electron chi connectivity index (χ2n) is 4.33. The largest absolute Gasteiger partial charge is 0.496 e. The van der Waals surface area contributed by atoms with Crippen LogP contribution in [0.15, 0.2) is 40.9 Å². The Morgan fingerprint density at radius 3 is 2.55 bits per heavy atom. The summed E-state index contributed by atoms with van der Waals surface area (Å²) >= 11 is 3.42. The van der Waals surface area contributed by atoms with Crippen LogP contribution in [0.2, 0.25) is 0 Å². The van der Waals surface area contributed by atoms with Crippen LogP contribution in [0.3, 0.4) is 0 Å². The molecule has 0 N–H and O–H groups in total. The molecule has 104 valence electrons. The van der Waals surface area contributed by atoms with E-state index in [-0.39, 0.29) is 0 Å². The molecule has 0 heterocycles. The number of carbonyl (C=O) groups excluding carboxylic acids is 1. The number of halogens is 1. The zero-order valence-corrected chi connectivity index (χ0v) is 12.9. The van der Waals surface area contributed by atoms with Crippen LogP contribution in [0.4, 0.5) is 0 Å². The number of hydrogen-bond acceptors (Lipinski definition) is 3. The first-order valence-electron chi connectivity index (χ1n) is 6.16. The van der Waals surface area contributed by atoms with Gasteiger partial charge in [-0.2, -0.15) is 0 Å². The average molecular weight is 335 g/mol. The Morgan fingerprint density at radius 2 is 1.95 bits per heavy atom. The van der Waals surface area contributed by atoms with Crippen LogP contribution in [0.5, 0.6) is 11.5 Å². The van der Waals surface area contributed by atoms with Crippen LogP contribution in [0.1, 0.15) is 21.5 Å². The molecule has 0 aliphatic heterocycles. The third kappa shape index (κ3) is 3.02. The molecule has 4 heteroatoms. The predicted octanol–water partition coefficient (Wildman–Crippen LogP) is 4.16. The highest BCUT2D eigenvalue weighted by atomic mass is 79.9. The molecule has 2 aromatic carbocycles. The van der Waals surface area contributed by atoms with Gasteiger partial charge >= 0.3 is 0 Å². The van der Waals surface area contributed by atoms with Crippen molar-refractivity contribution < 1.29 is 14.3 Å². The molecule has 0 unspecified atom stereocenters. The quantitative estimate of drug-likeness (QED) is 0.770. The Hall–Kier alpha value is -1.81. The monoisotopic (exact) mass is 334 g/mol. The lowest BCUT2D eigenvalue weighted by Gasteiger charge is -2.15. The summed E-state index contributed by atoms with van der Waals surface area (Å²) in [6.45, 7) is 2.34. The lowest BCUT2D eigenvalue weighted by Crippen LogP contribution is -2.01. The van der Waals surface area contributed by atoms with Crippen molar-refractivity contribution >= 4 is 22.2 Å². The van der Waals surface area contributed by atoms with Crippen LogP contribution in [-0.4, -0.2) is 13.4 Å². The van der Waals surface area contributed by atoms with Gasteiger partial charge in [0.15, 0.2) is 6.29 Å². The van der Waals surface area contributed by atoms with E-state index < -0.39 is 0 Å². The lowest BCUT2D eigenvalue weighted by molar-refractivity contribution is 0.112. The molecule has 2 rings (SSSR count). The van der Waals surface area contributed by atoms with E-state index in [0.717, 1.165) is 17.4 Å². The van der Waals surface area contributed by atoms with E-state index in [2.05, 4.69) is 15.9 Å². The summed E-state index contributed by atoms with van der Waals surface area (Å²) in [6, 6.07) is 11.6. The van der Waals surface area contributed by atoms with Gasteiger partial charge in [-0.1, -0.05) is 30.3 Å². The van der Waals surface area contributed by atoms with Gasteiger partial charge in [0.1, 0.15) is 18.1 Å². The highest BCUT2D eigenvalue weighted by molar-refractivity contribution is 9.10.